The van der Waals surface area contributed by atoms with E-state index in [4.69, 9.17) is 0 Å². The number of hydrogen-bond acceptors (Lipinski definition) is 3. The predicted octanol–water partition coefficient (Wildman–Crippen LogP) is 3.28. The van der Waals surface area contributed by atoms with Gasteiger partial charge in [-0.2, -0.15) is 0 Å². The Morgan fingerprint density at radius 2 is 2.22 bits per heavy atom. The largest absolute Gasteiger partial charge is 0.339 e. The Morgan fingerprint density at radius 3 is 2.87 bits per heavy atom. The second-order valence-electron chi connectivity index (χ2n) is 6.91. The Labute approximate surface area is 136 Å². The number of rotatable bonds is 4. The van der Waals surface area contributed by atoms with Crippen molar-refractivity contribution in [1.29, 1.82) is 0 Å². The maximum atomic E-state index is 4.43. The van der Waals surface area contributed by atoms with E-state index in [2.05, 4.69) is 59.2 Å². The fourth-order valence-corrected chi connectivity index (χ4v) is 4.23. The van der Waals surface area contributed by atoms with Crippen molar-refractivity contribution in [2.45, 2.75) is 19.9 Å². The standard InChI is InChI=1S/C19H22N4/c1-5-7-13(6-2)15-9-17-16(22-21-15)8-12(3)23(17)18-14-10-20-11-19(14,18)4/h5-9,14,18,20H,1-2,10-11H2,3-4H3/b13-7+. The second-order valence-corrected chi connectivity index (χ2v) is 6.91. The van der Waals surface area contributed by atoms with E-state index in [0.29, 0.717) is 11.5 Å². The molecule has 1 saturated carbocycles. The van der Waals surface area contributed by atoms with Crippen molar-refractivity contribution in [2.75, 3.05) is 13.1 Å². The van der Waals surface area contributed by atoms with Gasteiger partial charge in [0.15, 0.2) is 0 Å². The lowest BCUT2D eigenvalue weighted by Crippen LogP contribution is -2.20. The monoisotopic (exact) mass is 306 g/mol. The molecule has 0 radical (unpaired) electrons. The zero-order valence-electron chi connectivity index (χ0n) is 13.7. The van der Waals surface area contributed by atoms with Crippen LogP contribution in [-0.4, -0.2) is 27.9 Å². The molecule has 0 amide bonds. The summed E-state index contributed by atoms with van der Waals surface area (Å²) in [6.07, 6.45) is 5.47. The van der Waals surface area contributed by atoms with Crippen LogP contribution in [0.4, 0.5) is 0 Å². The quantitative estimate of drug-likeness (QED) is 0.882. The number of nitrogens with zero attached hydrogens (tertiary/aromatic N) is 3. The maximum Gasteiger partial charge on any atom is 0.111 e. The highest BCUT2D eigenvalue weighted by Crippen LogP contribution is 2.64. The van der Waals surface area contributed by atoms with Crippen molar-refractivity contribution in [3.8, 4) is 0 Å². The first kappa shape index (κ1) is 14.4. The predicted molar refractivity (Wildman–Crippen MR) is 94.1 cm³/mol. The van der Waals surface area contributed by atoms with Crippen molar-refractivity contribution < 1.29 is 0 Å². The fraction of sp³-hybridized carbons (Fsp3) is 0.368. The van der Waals surface area contributed by atoms with E-state index >= 15 is 0 Å². The third kappa shape index (κ3) is 1.94. The third-order valence-corrected chi connectivity index (χ3v) is 5.54. The van der Waals surface area contributed by atoms with E-state index < -0.39 is 0 Å². The van der Waals surface area contributed by atoms with Crippen molar-refractivity contribution in [1.82, 2.24) is 20.1 Å². The molecule has 2 fully saturated rings. The molecule has 0 aromatic carbocycles. The Morgan fingerprint density at radius 1 is 1.39 bits per heavy atom. The highest BCUT2D eigenvalue weighted by atomic mass is 15.2. The van der Waals surface area contributed by atoms with Gasteiger partial charge in [-0.1, -0.05) is 38.3 Å². The molecule has 3 atom stereocenters. The van der Waals surface area contributed by atoms with Crippen LogP contribution in [0.2, 0.25) is 0 Å². The molecule has 3 heterocycles. The summed E-state index contributed by atoms with van der Waals surface area (Å²) in [6, 6.07) is 4.84. The van der Waals surface area contributed by atoms with Gasteiger partial charge in [0, 0.05) is 41.7 Å². The molecule has 4 heteroatoms. The Hall–Kier alpha value is -2.20. The lowest BCUT2D eigenvalue weighted by atomic mass is 10.1. The Bertz CT molecular complexity index is 844. The van der Waals surface area contributed by atoms with Crippen molar-refractivity contribution in [3.05, 3.63) is 54.9 Å². The van der Waals surface area contributed by atoms with E-state index in [1.807, 2.05) is 6.08 Å². The van der Waals surface area contributed by atoms with E-state index in [9.17, 15) is 0 Å². The Kier molecular flexibility index (Phi) is 3.07. The minimum absolute atomic E-state index is 0.373. The number of aromatic nitrogens is 3. The molecule has 118 valence electrons. The van der Waals surface area contributed by atoms with Gasteiger partial charge in [-0.15, -0.1) is 10.2 Å². The van der Waals surface area contributed by atoms with Crippen LogP contribution < -0.4 is 5.32 Å². The number of aryl methyl sites for hydroxylation is 1. The van der Waals surface area contributed by atoms with Gasteiger partial charge in [0.2, 0.25) is 0 Å². The van der Waals surface area contributed by atoms with Crippen LogP contribution in [-0.2, 0) is 0 Å². The summed E-state index contributed by atoms with van der Waals surface area (Å²) in [5.41, 5.74) is 5.57. The number of piperidine rings is 1. The first-order valence-corrected chi connectivity index (χ1v) is 8.11. The average Bonchev–Trinajstić information content (AvgIpc) is 2.85. The van der Waals surface area contributed by atoms with E-state index in [1.54, 1.807) is 12.2 Å². The van der Waals surface area contributed by atoms with Crippen LogP contribution in [0.1, 0.15) is 24.4 Å². The molecule has 2 aliphatic rings. The van der Waals surface area contributed by atoms with Crippen molar-refractivity contribution in [2.24, 2.45) is 11.3 Å². The van der Waals surface area contributed by atoms with Crippen molar-refractivity contribution in [3.63, 3.8) is 0 Å². The van der Waals surface area contributed by atoms with Gasteiger partial charge in [-0.05, 0) is 19.1 Å². The third-order valence-electron chi connectivity index (χ3n) is 5.54. The molecule has 2 aromatic heterocycles. The molecular formula is C19H22N4. The summed E-state index contributed by atoms with van der Waals surface area (Å²) < 4.78 is 2.47. The molecule has 2 aromatic rings. The summed E-state index contributed by atoms with van der Waals surface area (Å²) >= 11 is 0. The van der Waals surface area contributed by atoms with Gasteiger partial charge < -0.3 is 9.88 Å². The molecule has 3 unspecified atom stereocenters. The highest BCUT2D eigenvalue weighted by molar-refractivity contribution is 5.82. The van der Waals surface area contributed by atoms with E-state index in [-0.39, 0.29) is 0 Å². The van der Waals surface area contributed by atoms with Gasteiger partial charge in [0.05, 0.1) is 11.2 Å². The molecule has 1 N–H and O–H groups in total. The molecule has 1 aliphatic heterocycles. The van der Waals surface area contributed by atoms with Crippen LogP contribution in [0, 0.1) is 18.3 Å². The minimum Gasteiger partial charge on any atom is -0.339 e. The lowest BCUT2D eigenvalue weighted by Gasteiger charge is -2.15. The number of fused-ring (bicyclic) bond motifs is 2. The molecule has 0 spiro atoms. The number of nitrogens with one attached hydrogen (secondary N) is 1. The molecule has 0 bridgehead atoms. The normalized spacial score (nSPS) is 29.6. The summed E-state index contributed by atoms with van der Waals surface area (Å²) in [5.74, 6) is 0.719. The first-order chi connectivity index (χ1) is 11.1. The van der Waals surface area contributed by atoms with Gasteiger partial charge in [-0.3, -0.25) is 0 Å². The molecular weight excluding hydrogens is 284 g/mol. The maximum absolute atomic E-state index is 4.43. The topological polar surface area (TPSA) is 42.7 Å². The molecule has 1 saturated heterocycles. The SMILES string of the molecule is C=C/C=C(\C=C)c1cc2c(cc(C)n2C2C3CNCC32C)nn1. The van der Waals surface area contributed by atoms with Crippen molar-refractivity contribution >= 4 is 16.6 Å². The minimum atomic E-state index is 0.373. The average molecular weight is 306 g/mol. The first-order valence-electron chi connectivity index (χ1n) is 8.11. The summed E-state index contributed by atoms with van der Waals surface area (Å²) in [7, 11) is 0. The molecule has 4 nitrogen and oxygen atoms in total. The van der Waals surface area contributed by atoms with E-state index in [1.165, 1.54) is 11.2 Å². The summed E-state index contributed by atoms with van der Waals surface area (Å²) in [4.78, 5) is 0. The molecule has 1 aliphatic carbocycles. The zero-order chi connectivity index (χ0) is 16.2. The molecule has 4 rings (SSSR count). The Balaban J connectivity index is 1.85. The zero-order valence-corrected chi connectivity index (χ0v) is 13.7. The summed E-state index contributed by atoms with van der Waals surface area (Å²) in [5, 5.41) is 12.3. The van der Waals surface area contributed by atoms with Crippen LogP contribution in [0.5, 0.6) is 0 Å². The smallest absolute Gasteiger partial charge is 0.111 e. The van der Waals surface area contributed by atoms with Crippen LogP contribution in [0.3, 0.4) is 0 Å². The van der Waals surface area contributed by atoms with E-state index in [0.717, 1.165) is 35.8 Å². The second kappa shape index (κ2) is 4.90. The van der Waals surface area contributed by atoms with Gasteiger partial charge in [0.1, 0.15) is 5.52 Å². The van der Waals surface area contributed by atoms with Gasteiger partial charge >= 0.3 is 0 Å². The number of hydrogen-bond donors (Lipinski definition) is 1. The van der Waals surface area contributed by atoms with Crippen LogP contribution in [0.25, 0.3) is 16.6 Å². The molecule has 23 heavy (non-hydrogen) atoms. The van der Waals surface area contributed by atoms with Gasteiger partial charge in [0.25, 0.3) is 0 Å². The van der Waals surface area contributed by atoms with Crippen LogP contribution in [0.15, 0.2) is 43.5 Å². The number of allylic oxidation sites excluding steroid dienone is 4. The van der Waals surface area contributed by atoms with Crippen LogP contribution >= 0.6 is 0 Å². The van der Waals surface area contributed by atoms with Gasteiger partial charge in [-0.25, -0.2) is 0 Å². The lowest BCUT2D eigenvalue weighted by molar-refractivity contribution is 0.484. The highest BCUT2D eigenvalue weighted by Gasteiger charge is 2.65. The fourth-order valence-electron chi connectivity index (χ4n) is 4.23. The summed E-state index contributed by atoms with van der Waals surface area (Å²) in [6.45, 7) is 14.4.